The van der Waals surface area contributed by atoms with Crippen molar-refractivity contribution in [2.75, 3.05) is 7.11 Å². The van der Waals surface area contributed by atoms with Gasteiger partial charge in [0.05, 0.1) is 13.3 Å². The molecule has 0 unspecified atom stereocenters. The van der Waals surface area contributed by atoms with Crippen molar-refractivity contribution >= 4 is 0 Å². The van der Waals surface area contributed by atoms with Crippen LogP contribution < -0.4 is 10.3 Å². The van der Waals surface area contributed by atoms with E-state index in [-0.39, 0.29) is 5.56 Å². The molecule has 0 N–H and O–H groups in total. The fraction of sp³-hybridized carbons (Fsp3) is 0.333. The third-order valence-corrected chi connectivity index (χ3v) is 1.09. The topological polar surface area (TPSA) is 44.1 Å². The lowest BCUT2D eigenvalue weighted by Gasteiger charge is -1.96. The Balaban J connectivity index is 3.17. The quantitative estimate of drug-likeness (QED) is 0.531. The molecule has 0 aliphatic heterocycles. The number of ether oxygens (including phenoxy) is 1. The van der Waals surface area contributed by atoms with Crippen LogP contribution in [0.4, 0.5) is 0 Å². The van der Waals surface area contributed by atoms with Crippen LogP contribution in [0.15, 0.2) is 11.0 Å². The zero-order chi connectivity index (χ0) is 7.56. The molecule has 4 nitrogen and oxygen atoms in total. The van der Waals surface area contributed by atoms with Gasteiger partial charge in [0.25, 0.3) is 5.56 Å². The van der Waals surface area contributed by atoms with E-state index in [2.05, 4.69) is 11.2 Å². The molecular weight excluding hydrogens is 132 g/mol. The van der Waals surface area contributed by atoms with Crippen LogP contribution in [0.3, 0.4) is 0 Å². The molecule has 0 fully saturated rings. The molecule has 10 heavy (non-hydrogen) atoms. The third kappa shape index (κ3) is 1.15. The molecule has 1 heterocycles. The summed E-state index contributed by atoms with van der Waals surface area (Å²) in [5, 5.41) is 3.70. The number of hydrogen-bond acceptors (Lipinski definition) is 3. The average Bonchev–Trinajstić information content (AvgIpc) is 1.95. The van der Waals surface area contributed by atoms with Crippen LogP contribution in [0.1, 0.15) is 0 Å². The zero-order valence-corrected chi connectivity index (χ0v) is 5.79. The van der Waals surface area contributed by atoms with Gasteiger partial charge in [0.15, 0.2) is 5.75 Å². The summed E-state index contributed by atoms with van der Waals surface area (Å²) in [7, 11) is 3.02. The Kier molecular flexibility index (Phi) is 1.71. The van der Waals surface area contributed by atoms with Crippen molar-refractivity contribution in [2.45, 2.75) is 0 Å². The summed E-state index contributed by atoms with van der Waals surface area (Å²) < 4.78 is 5.90. The molecule has 0 aliphatic carbocycles. The van der Waals surface area contributed by atoms with Gasteiger partial charge in [0, 0.05) is 7.05 Å². The van der Waals surface area contributed by atoms with E-state index in [0.29, 0.717) is 5.75 Å². The summed E-state index contributed by atoms with van der Waals surface area (Å²) in [6.07, 6.45) is 1.43. The molecule has 0 aliphatic rings. The van der Waals surface area contributed by atoms with E-state index in [0.717, 1.165) is 0 Å². The Labute approximate surface area is 58.1 Å². The molecule has 0 spiro atoms. The second-order valence-electron chi connectivity index (χ2n) is 1.77. The van der Waals surface area contributed by atoms with Gasteiger partial charge in [-0.15, -0.1) is 0 Å². The summed E-state index contributed by atoms with van der Waals surface area (Å²) in [6.45, 7) is 0. The van der Waals surface area contributed by atoms with Crippen molar-refractivity contribution in [1.29, 1.82) is 0 Å². The SMILES string of the molecule is COc1[c]c(=O)n(C)nc1. The van der Waals surface area contributed by atoms with Crippen LogP contribution in [0.25, 0.3) is 0 Å². The summed E-state index contributed by atoms with van der Waals surface area (Å²) in [5.41, 5.74) is -0.292. The normalized spacial score (nSPS) is 9.40. The minimum Gasteiger partial charge on any atom is -0.494 e. The predicted molar refractivity (Wildman–Crippen MR) is 34.9 cm³/mol. The van der Waals surface area contributed by atoms with Crippen LogP contribution >= 0.6 is 0 Å². The second-order valence-corrected chi connectivity index (χ2v) is 1.77. The number of aryl methyl sites for hydroxylation is 1. The largest absolute Gasteiger partial charge is 0.494 e. The molecule has 53 valence electrons. The fourth-order valence-corrected chi connectivity index (χ4v) is 0.514. The van der Waals surface area contributed by atoms with Crippen molar-refractivity contribution in [2.24, 2.45) is 7.05 Å². The third-order valence-electron chi connectivity index (χ3n) is 1.09. The Morgan fingerprint density at radius 1 is 1.80 bits per heavy atom. The number of nitrogens with zero attached hydrogens (tertiary/aromatic N) is 2. The first kappa shape index (κ1) is 6.80. The Morgan fingerprint density at radius 2 is 2.50 bits per heavy atom. The highest BCUT2D eigenvalue weighted by atomic mass is 16.5. The molecule has 0 amide bonds. The standard InChI is InChI=1S/C6H7N2O2/c1-8-6(9)3-5(10-2)4-7-8/h4H,1-2H3. The van der Waals surface area contributed by atoms with Crippen LogP contribution in [0, 0.1) is 6.07 Å². The molecule has 0 bridgehead atoms. The van der Waals surface area contributed by atoms with Crippen molar-refractivity contribution in [3.63, 3.8) is 0 Å². The van der Waals surface area contributed by atoms with E-state index in [1.807, 2.05) is 0 Å². The van der Waals surface area contributed by atoms with Gasteiger partial charge in [-0.25, -0.2) is 4.68 Å². The lowest BCUT2D eigenvalue weighted by Crippen LogP contribution is -2.18. The van der Waals surface area contributed by atoms with Gasteiger partial charge in [-0.2, -0.15) is 5.10 Å². The van der Waals surface area contributed by atoms with E-state index in [1.54, 1.807) is 7.05 Å². The molecule has 4 heteroatoms. The van der Waals surface area contributed by atoms with E-state index in [4.69, 9.17) is 4.74 Å². The Morgan fingerprint density at radius 3 is 3.00 bits per heavy atom. The van der Waals surface area contributed by atoms with Gasteiger partial charge in [-0.1, -0.05) is 0 Å². The lowest BCUT2D eigenvalue weighted by atomic mass is 10.5. The van der Waals surface area contributed by atoms with Gasteiger partial charge in [-0.05, 0) is 0 Å². The highest BCUT2D eigenvalue weighted by Gasteiger charge is 1.94. The lowest BCUT2D eigenvalue weighted by molar-refractivity contribution is 0.407. The van der Waals surface area contributed by atoms with E-state index >= 15 is 0 Å². The molecule has 1 aromatic rings. The van der Waals surface area contributed by atoms with E-state index in [9.17, 15) is 4.79 Å². The number of methoxy groups -OCH3 is 1. The fourth-order valence-electron chi connectivity index (χ4n) is 0.514. The smallest absolute Gasteiger partial charge is 0.278 e. The van der Waals surface area contributed by atoms with Crippen molar-refractivity contribution in [3.05, 3.63) is 22.6 Å². The molecular formula is C6H7N2O2. The van der Waals surface area contributed by atoms with Gasteiger partial charge in [0.1, 0.15) is 6.07 Å². The first-order chi connectivity index (χ1) is 4.74. The average molecular weight is 139 g/mol. The van der Waals surface area contributed by atoms with Crippen LogP contribution in [0.2, 0.25) is 0 Å². The minimum atomic E-state index is -0.292. The van der Waals surface area contributed by atoms with E-state index in [1.165, 1.54) is 18.0 Å². The maximum absolute atomic E-state index is 10.8. The highest BCUT2D eigenvalue weighted by molar-refractivity contribution is 5.10. The summed E-state index contributed by atoms with van der Waals surface area (Å²) in [6, 6.07) is 2.45. The van der Waals surface area contributed by atoms with Crippen LogP contribution in [-0.4, -0.2) is 16.9 Å². The maximum Gasteiger partial charge on any atom is 0.278 e. The van der Waals surface area contributed by atoms with Gasteiger partial charge < -0.3 is 4.74 Å². The molecule has 0 saturated heterocycles. The molecule has 0 saturated carbocycles. The maximum atomic E-state index is 10.8. The van der Waals surface area contributed by atoms with Crippen molar-refractivity contribution in [1.82, 2.24) is 9.78 Å². The second kappa shape index (κ2) is 2.51. The molecule has 0 aromatic carbocycles. The zero-order valence-electron chi connectivity index (χ0n) is 5.79. The molecule has 1 rings (SSSR count). The van der Waals surface area contributed by atoms with Crippen molar-refractivity contribution < 1.29 is 4.74 Å². The summed E-state index contributed by atoms with van der Waals surface area (Å²) in [4.78, 5) is 10.8. The number of rotatable bonds is 1. The first-order valence-electron chi connectivity index (χ1n) is 2.73. The van der Waals surface area contributed by atoms with Gasteiger partial charge >= 0.3 is 0 Å². The van der Waals surface area contributed by atoms with Crippen molar-refractivity contribution in [3.8, 4) is 5.75 Å². The Bertz CT molecular complexity index is 279. The first-order valence-corrected chi connectivity index (χ1v) is 2.73. The summed E-state index contributed by atoms with van der Waals surface area (Å²) in [5.74, 6) is 0.364. The van der Waals surface area contributed by atoms with Gasteiger partial charge in [0.2, 0.25) is 0 Å². The summed E-state index contributed by atoms with van der Waals surface area (Å²) >= 11 is 0. The highest BCUT2D eigenvalue weighted by Crippen LogP contribution is 1.98. The minimum absolute atomic E-state index is 0.292. The predicted octanol–water partition coefficient (Wildman–Crippen LogP) is -0.411. The monoisotopic (exact) mass is 139 g/mol. The van der Waals surface area contributed by atoms with Crippen LogP contribution in [-0.2, 0) is 7.05 Å². The molecule has 1 radical (unpaired) electrons. The number of aromatic nitrogens is 2. The van der Waals surface area contributed by atoms with E-state index < -0.39 is 0 Å². The Hall–Kier alpha value is -1.32. The van der Waals surface area contributed by atoms with Crippen LogP contribution in [0.5, 0.6) is 5.75 Å². The molecule has 1 aromatic heterocycles. The molecule has 0 atom stereocenters. The van der Waals surface area contributed by atoms with Gasteiger partial charge in [-0.3, -0.25) is 4.79 Å². The number of hydrogen-bond donors (Lipinski definition) is 0.